The van der Waals surface area contributed by atoms with Gasteiger partial charge in [-0.1, -0.05) is 44.4 Å². The van der Waals surface area contributed by atoms with Crippen molar-refractivity contribution < 1.29 is 56.9 Å². The number of unbranched alkanes of at least 4 members (excludes halogenated alkanes) is 3. The monoisotopic (exact) mass is 843 g/mol. The molecule has 8 N–H and O–H groups in total. The van der Waals surface area contributed by atoms with Gasteiger partial charge < -0.3 is 47.0 Å². The number of nitrogens with two attached hydrogens (primary N) is 1. The number of aliphatic carboxylic acids is 1. The number of halogens is 3. The van der Waals surface area contributed by atoms with Crippen LogP contribution in [0, 0.1) is 0 Å². The van der Waals surface area contributed by atoms with E-state index in [0.717, 1.165) is 43.9 Å². The number of carboxylic acid groups (broad SMARTS) is 1. The Labute approximate surface area is 341 Å². The van der Waals surface area contributed by atoms with Crippen molar-refractivity contribution >= 4 is 54.0 Å². The minimum absolute atomic E-state index is 0.195. The lowest BCUT2D eigenvalue weighted by molar-refractivity contribution is -0.147. The van der Waals surface area contributed by atoms with E-state index in [4.69, 9.17) is 5.73 Å². The SMILES string of the molecule is CCCCCCN[C@@H](CS)C(=O)N1CCC[C@H]1C(=O)N1CCC[C@H]1C(=O)N[C@H](C(=O)N[C@@H](CCC(N)=O)C(=O)N[C@@H](Cc1ccccc1C(F)(F)F)C(=O)O)[C@@H](C)O. The number of benzene rings is 1. The number of likely N-dealkylation sites (tertiary alicyclic amines) is 2. The van der Waals surface area contributed by atoms with Gasteiger partial charge in [-0.05, 0) is 63.6 Å². The Hall–Kier alpha value is -4.43. The third-order valence-electron chi connectivity index (χ3n) is 10.3. The van der Waals surface area contributed by atoms with E-state index in [9.17, 15) is 56.9 Å². The fourth-order valence-corrected chi connectivity index (χ4v) is 7.46. The predicted octanol–water partition coefficient (Wildman–Crippen LogP) is 0.884. The van der Waals surface area contributed by atoms with Gasteiger partial charge in [0, 0.05) is 31.7 Å². The second-order valence-electron chi connectivity index (χ2n) is 14.7. The number of primary amides is 1. The molecule has 58 heavy (non-hydrogen) atoms. The molecule has 2 aliphatic rings. The highest BCUT2D eigenvalue weighted by Crippen LogP contribution is 2.32. The quantitative estimate of drug-likeness (QED) is 0.0606. The van der Waals surface area contributed by atoms with Crippen LogP contribution in [0.5, 0.6) is 0 Å². The molecule has 0 saturated carbocycles. The number of aliphatic hydroxyl groups excluding tert-OH is 1. The highest BCUT2D eigenvalue weighted by atomic mass is 32.1. The van der Waals surface area contributed by atoms with Crippen LogP contribution in [-0.2, 0) is 46.2 Å². The molecule has 0 aliphatic carbocycles. The molecular formula is C38H56F3N7O9S. The Morgan fingerprint density at radius 3 is 2.14 bits per heavy atom. The molecule has 2 aliphatic heterocycles. The molecule has 1 aromatic rings. The van der Waals surface area contributed by atoms with E-state index in [0.29, 0.717) is 32.4 Å². The molecule has 324 valence electrons. The topological polar surface area (TPSA) is 241 Å². The third kappa shape index (κ3) is 13.6. The van der Waals surface area contributed by atoms with Crippen molar-refractivity contribution in [2.75, 3.05) is 25.4 Å². The molecule has 2 heterocycles. The Morgan fingerprint density at radius 2 is 1.53 bits per heavy atom. The van der Waals surface area contributed by atoms with Gasteiger partial charge in [-0.25, -0.2) is 4.79 Å². The van der Waals surface area contributed by atoms with Gasteiger partial charge >= 0.3 is 12.1 Å². The van der Waals surface area contributed by atoms with Crippen molar-refractivity contribution in [3.05, 3.63) is 35.4 Å². The maximum atomic E-state index is 13.9. The van der Waals surface area contributed by atoms with Crippen LogP contribution in [0.4, 0.5) is 13.2 Å². The number of carbonyl (C=O) groups excluding carboxylic acids is 6. The zero-order valence-corrected chi connectivity index (χ0v) is 33.7. The summed E-state index contributed by atoms with van der Waals surface area (Å²) in [6, 6.07) is -3.57. The van der Waals surface area contributed by atoms with Crippen molar-refractivity contribution in [1.29, 1.82) is 0 Å². The molecule has 16 nitrogen and oxygen atoms in total. The van der Waals surface area contributed by atoms with E-state index in [1.54, 1.807) is 0 Å². The van der Waals surface area contributed by atoms with Crippen LogP contribution in [-0.4, -0.2) is 129 Å². The maximum absolute atomic E-state index is 13.9. The van der Waals surface area contributed by atoms with E-state index in [-0.39, 0.29) is 24.6 Å². The van der Waals surface area contributed by atoms with Crippen LogP contribution in [0.1, 0.15) is 89.2 Å². The number of alkyl halides is 3. The summed E-state index contributed by atoms with van der Waals surface area (Å²) in [6.45, 7) is 4.45. The van der Waals surface area contributed by atoms with Crippen molar-refractivity contribution in [2.45, 2.75) is 133 Å². The summed E-state index contributed by atoms with van der Waals surface area (Å²) in [4.78, 5) is 94.7. The number of thiol groups is 1. The van der Waals surface area contributed by atoms with Gasteiger partial charge in [-0.2, -0.15) is 25.8 Å². The number of rotatable bonds is 22. The third-order valence-corrected chi connectivity index (χ3v) is 10.7. The fraction of sp³-hybridized carbons (Fsp3) is 0.658. The highest BCUT2D eigenvalue weighted by molar-refractivity contribution is 7.80. The van der Waals surface area contributed by atoms with Crippen molar-refractivity contribution in [3.8, 4) is 0 Å². The lowest BCUT2D eigenvalue weighted by Crippen LogP contribution is -2.61. The Balaban J connectivity index is 1.72. The first-order chi connectivity index (χ1) is 27.4. The molecule has 7 atom stereocenters. The number of hydrogen-bond donors (Lipinski definition) is 8. The van der Waals surface area contributed by atoms with Crippen LogP contribution in [0.25, 0.3) is 0 Å². The number of hydrogen-bond acceptors (Lipinski definition) is 10. The van der Waals surface area contributed by atoms with E-state index >= 15 is 0 Å². The summed E-state index contributed by atoms with van der Waals surface area (Å²) in [6.07, 6.45) is -2.47. The van der Waals surface area contributed by atoms with Gasteiger partial charge in [0.05, 0.1) is 17.7 Å². The number of amides is 6. The van der Waals surface area contributed by atoms with E-state index in [1.807, 2.05) is 0 Å². The lowest BCUT2D eigenvalue weighted by atomic mass is 9.99. The molecule has 0 aromatic heterocycles. The summed E-state index contributed by atoms with van der Waals surface area (Å²) in [5.74, 6) is -6.14. The predicted molar refractivity (Wildman–Crippen MR) is 208 cm³/mol. The number of aliphatic hydroxyl groups is 1. The zero-order chi connectivity index (χ0) is 43.2. The van der Waals surface area contributed by atoms with Crippen LogP contribution in [0.2, 0.25) is 0 Å². The van der Waals surface area contributed by atoms with E-state index in [1.165, 1.54) is 22.8 Å². The molecule has 0 radical (unpaired) electrons. The first-order valence-electron chi connectivity index (χ1n) is 19.6. The van der Waals surface area contributed by atoms with Crippen molar-refractivity contribution in [1.82, 2.24) is 31.1 Å². The number of carbonyl (C=O) groups is 7. The van der Waals surface area contributed by atoms with E-state index < -0.39 is 114 Å². The van der Waals surface area contributed by atoms with Gasteiger partial charge in [0.1, 0.15) is 30.2 Å². The molecule has 20 heteroatoms. The van der Waals surface area contributed by atoms with Crippen LogP contribution >= 0.6 is 12.6 Å². The van der Waals surface area contributed by atoms with Crippen molar-refractivity contribution in [2.24, 2.45) is 5.73 Å². The number of nitrogens with one attached hydrogen (secondary N) is 4. The minimum atomic E-state index is -4.82. The van der Waals surface area contributed by atoms with Gasteiger partial charge in [0.25, 0.3) is 0 Å². The van der Waals surface area contributed by atoms with Crippen LogP contribution in [0.15, 0.2) is 24.3 Å². The standard InChI is InChI=1S/C38H56F3N7O9S/c1-3-4-5-8-17-43-27(21-58)35(54)48-19-10-14-29(48)36(55)47-18-9-13-28(47)33(52)46-31(22(2)49)34(53)44-25(15-16-30(42)50)32(51)45-26(37(56)57)20-23-11-6-7-12-24(23)38(39,40)41/h6-7,11-12,22,25-29,31,43,49,58H,3-5,8-10,13-21H2,1-2H3,(H2,42,50)(H,44,53)(H,45,51)(H,46,52)(H,56,57)/t22-,25+,26+,27+,28+,29+,31+/m1/s1. The summed E-state index contributed by atoms with van der Waals surface area (Å²) < 4.78 is 40.8. The molecule has 0 bridgehead atoms. The average Bonchev–Trinajstić information content (AvgIpc) is 3.87. The summed E-state index contributed by atoms with van der Waals surface area (Å²) >= 11 is 4.36. The Morgan fingerprint density at radius 1 is 0.897 bits per heavy atom. The maximum Gasteiger partial charge on any atom is 0.416 e. The lowest BCUT2D eigenvalue weighted by Gasteiger charge is -2.33. The average molecular weight is 844 g/mol. The van der Waals surface area contributed by atoms with Crippen molar-refractivity contribution in [3.63, 3.8) is 0 Å². The highest BCUT2D eigenvalue weighted by Gasteiger charge is 2.44. The Bertz CT molecular complexity index is 1620. The first-order valence-corrected chi connectivity index (χ1v) is 20.2. The molecule has 6 amide bonds. The number of carboxylic acids is 1. The largest absolute Gasteiger partial charge is 0.480 e. The smallest absolute Gasteiger partial charge is 0.416 e. The van der Waals surface area contributed by atoms with Gasteiger partial charge in [0.2, 0.25) is 35.4 Å². The van der Waals surface area contributed by atoms with Crippen LogP contribution < -0.4 is 27.0 Å². The summed E-state index contributed by atoms with van der Waals surface area (Å²) in [5.41, 5.74) is 3.72. The Kier molecular flexibility index (Phi) is 18.7. The van der Waals surface area contributed by atoms with Gasteiger partial charge in [-0.3, -0.25) is 28.8 Å². The summed E-state index contributed by atoms with van der Waals surface area (Å²) in [7, 11) is 0. The molecule has 0 unspecified atom stereocenters. The van der Waals surface area contributed by atoms with Gasteiger partial charge in [-0.15, -0.1) is 0 Å². The summed E-state index contributed by atoms with van der Waals surface area (Å²) in [5, 5.41) is 30.4. The molecule has 3 rings (SSSR count). The second kappa shape index (κ2) is 22.6. The van der Waals surface area contributed by atoms with Crippen LogP contribution in [0.3, 0.4) is 0 Å². The normalized spacial score (nSPS) is 19.4. The molecule has 1 aromatic carbocycles. The molecule has 2 fully saturated rings. The zero-order valence-electron chi connectivity index (χ0n) is 32.8. The fourth-order valence-electron chi connectivity index (χ4n) is 7.18. The minimum Gasteiger partial charge on any atom is -0.480 e. The first kappa shape index (κ1) is 47.9. The van der Waals surface area contributed by atoms with E-state index in [2.05, 4.69) is 40.8 Å². The molecule has 2 saturated heterocycles. The van der Waals surface area contributed by atoms with Gasteiger partial charge in [0.15, 0.2) is 0 Å². The molecule has 0 spiro atoms. The second-order valence-corrected chi connectivity index (χ2v) is 15.0. The molecular weight excluding hydrogens is 788 g/mol. The number of nitrogens with zero attached hydrogens (tertiary/aromatic N) is 2.